The number of piperazine rings is 1. The maximum Gasteiger partial charge on any atom is 0.344 e. The first-order chi connectivity index (χ1) is 15.5. The van der Waals surface area contributed by atoms with Gasteiger partial charge in [-0.1, -0.05) is 6.07 Å². The standard InChI is InChI=1S/C24H26N2O6/c1-15-17-3-4-19(28)18(13-26-8-6-25(7-9-26)10-11-27)23(17)32-24(29)22(15)16-2-5-20-21(12-16)31-14-30-20/h2-5,12,27-28H,6-11,13-14H2,1H3. The molecule has 0 radical (unpaired) electrons. The second kappa shape index (κ2) is 8.46. The summed E-state index contributed by atoms with van der Waals surface area (Å²) in [7, 11) is 0. The van der Waals surface area contributed by atoms with E-state index in [9.17, 15) is 9.90 Å². The number of aliphatic hydroxyl groups excluding tert-OH is 1. The molecule has 8 heteroatoms. The molecule has 0 aliphatic carbocycles. The van der Waals surface area contributed by atoms with Gasteiger partial charge in [-0.3, -0.25) is 9.80 Å². The number of aliphatic hydroxyl groups is 1. The monoisotopic (exact) mass is 438 g/mol. The minimum atomic E-state index is -0.450. The molecule has 1 fully saturated rings. The van der Waals surface area contributed by atoms with Crippen LogP contribution in [-0.2, 0) is 6.54 Å². The molecule has 0 amide bonds. The van der Waals surface area contributed by atoms with Crippen LogP contribution in [0.2, 0.25) is 0 Å². The number of hydrogen-bond acceptors (Lipinski definition) is 8. The maximum absolute atomic E-state index is 13.1. The van der Waals surface area contributed by atoms with E-state index in [-0.39, 0.29) is 19.1 Å². The van der Waals surface area contributed by atoms with Gasteiger partial charge in [-0.25, -0.2) is 4.79 Å². The van der Waals surface area contributed by atoms with Crippen molar-refractivity contribution >= 4 is 11.0 Å². The van der Waals surface area contributed by atoms with Crippen molar-refractivity contribution in [3.05, 3.63) is 51.9 Å². The number of β-amino-alcohol motifs (C(OH)–C–C–N with tert-alkyl or cyclic N) is 1. The Kier molecular flexibility index (Phi) is 5.50. The van der Waals surface area contributed by atoms with Gasteiger partial charge >= 0.3 is 5.63 Å². The molecule has 32 heavy (non-hydrogen) atoms. The molecule has 3 heterocycles. The van der Waals surface area contributed by atoms with Crippen LogP contribution in [0.5, 0.6) is 17.2 Å². The van der Waals surface area contributed by atoms with Crippen molar-refractivity contribution in [3.63, 3.8) is 0 Å². The van der Waals surface area contributed by atoms with Crippen molar-refractivity contribution in [1.82, 2.24) is 9.80 Å². The number of benzene rings is 2. The van der Waals surface area contributed by atoms with Gasteiger partial charge in [0, 0.05) is 44.7 Å². The molecule has 1 saturated heterocycles. The van der Waals surface area contributed by atoms with Crippen LogP contribution >= 0.6 is 0 Å². The lowest BCUT2D eigenvalue weighted by Gasteiger charge is -2.34. The molecule has 2 aliphatic rings. The van der Waals surface area contributed by atoms with Crippen molar-refractivity contribution in [1.29, 1.82) is 0 Å². The summed E-state index contributed by atoms with van der Waals surface area (Å²) in [5.74, 6) is 1.38. The van der Waals surface area contributed by atoms with Crippen LogP contribution in [0.4, 0.5) is 0 Å². The number of aromatic hydroxyl groups is 1. The second-order valence-electron chi connectivity index (χ2n) is 8.24. The molecule has 0 saturated carbocycles. The molecule has 2 N–H and O–H groups in total. The van der Waals surface area contributed by atoms with Crippen LogP contribution in [0.1, 0.15) is 11.1 Å². The fourth-order valence-corrected chi connectivity index (χ4v) is 4.54. The lowest BCUT2D eigenvalue weighted by atomic mass is 9.97. The molecule has 0 unspecified atom stereocenters. The topological polar surface area (TPSA) is 95.6 Å². The van der Waals surface area contributed by atoms with Crippen molar-refractivity contribution in [2.45, 2.75) is 13.5 Å². The van der Waals surface area contributed by atoms with E-state index in [0.29, 0.717) is 46.9 Å². The van der Waals surface area contributed by atoms with Crippen LogP contribution in [0, 0.1) is 6.92 Å². The Labute approximate surface area is 185 Å². The van der Waals surface area contributed by atoms with Gasteiger partial charge in [-0.2, -0.15) is 0 Å². The van der Waals surface area contributed by atoms with Gasteiger partial charge in [0.05, 0.1) is 17.7 Å². The molecule has 0 atom stereocenters. The molecule has 168 valence electrons. The average Bonchev–Trinajstić information content (AvgIpc) is 3.25. The molecule has 5 rings (SSSR count). The molecular weight excluding hydrogens is 412 g/mol. The van der Waals surface area contributed by atoms with Gasteiger partial charge < -0.3 is 24.1 Å². The Morgan fingerprint density at radius 3 is 2.53 bits per heavy atom. The highest BCUT2D eigenvalue weighted by atomic mass is 16.7. The summed E-state index contributed by atoms with van der Waals surface area (Å²) in [6, 6.07) is 8.87. The highest BCUT2D eigenvalue weighted by Crippen LogP contribution is 2.38. The summed E-state index contributed by atoms with van der Waals surface area (Å²) in [4.78, 5) is 17.5. The predicted octanol–water partition coefficient (Wildman–Crippen LogP) is 2.31. The predicted molar refractivity (Wildman–Crippen MR) is 119 cm³/mol. The summed E-state index contributed by atoms with van der Waals surface area (Å²) in [5.41, 5.74) is 2.57. The first-order valence-electron chi connectivity index (χ1n) is 10.8. The van der Waals surface area contributed by atoms with Crippen molar-refractivity contribution in [2.75, 3.05) is 46.1 Å². The van der Waals surface area contributed by atoms with Gasteiger partial charge in [0.25, 0.3) is 0 Å². The highest BCUT2D eigenvalue weighted by Gasteiger charge is 2.23. The lowest BCUT2D eigenvalue weighted by Crippen LogP contribution is -2.46. The van der Waals surface area contributed by atoms with Crippen molar-refractivity contribution in [2.24, 2.45) is 0 Å². The van der Waals surface area contributed by atoms with Crippen molar-refractivity contribution in [3.8, 4) is 28.4 Å². The molecule has 2 aliphatic heterocycles. The Bertz CT molecular complexity index is 1210. The van der Waals surface area contributed by atoms with Gasteiger partial charge in [0.15, 0.2) is 11.5 Å². The third kappa shape index (κ3) is 3.70. The SMILES string of the molecule is Cc1c(-c2ccc3c(c2)OCO3)c(=O)oc2c(CN3CCN(CCO)CC3)c(O)ccc12. The highest BCUT2D eigenvalue weighted by molar-refractivity contribution is 5.90. The van der Waals surface area contributed by atoms with E-state index in [1.54, 1.807) is 24.3 Å². The van der Waals surface area contributed by atoms with Crippen LogP contribution in [0.25, 0.3) is 22.1 Å². The number of phenolic OH excluding ortho intramolecular Hbond substituents is 1. The Morgan fingerprint density at radius 2 is 1.75 bits per heavy atom. The second-order valence-corrected chi connectivity index (χ2v) is 8.24. The normalized spacial score (nSPS) is 16.7. The number of aryl methyl sites for hydroxylation is 1. The molecule has 2 aromatic carbocycles. The maximum atomic E-state index is 13.1. The van der Waals surface area contributed by atoms with Crippen LogP contribution in [0.15, 0.2) is 39.5 Å². The molecule has 1 aromatic heterocycles. The van der Waals surface area contributed by atoms with E-state index in [2.05, 4.69) is 9.80 Å². The third-order valence-corrected chi connectivity index (χ3v) is 6.34. The van der Waals surface area contributed by atoms with Crippen LogP contribution in [-0.4, -0.2) is 66.1 Å². The van der Waals surface area contributed by atoms with E-state index in [0.717, 1.165) is 37.1 Å². The van der Waals surface area contributed by atoms with Gasteiger partial charge in [0.1, 0.15) is 11.3 Å². The summed E-state index contributed by atoms with van der Waals surface area (Å²) in [6.45, 7) is 6.70. The van der Waals surface area contributed by atoms with E-state index in [1.807, 2.05) is 13.0 Å². The van der Waals surface area contributed by atoms with Crippen molar-refractivity contribution < 1.29 is 24.1 Å². The minimum absolute atomic E-state index is 0.119. The summed E-state index contributed by atoms with van der Waals surface area (Å²) < 4.78 is 16.6. The first-order valence-corrected chi connectivity index (χ1v) is 10.8. The first kappa shape index (κ1) is 20.8. The summed E-state index contributed by atoms with van der Waals surface area (Å²) in [5, 5.41) is 20.5. The minimum Gasteiger partial charge on any atom is -0.507 e. The number of hydrogen-bond donors (Lipinski definition) is 2. The number of rotatable bonds is 5. The largest absolute Gasteiger partial charge is 0.507 e. The number of nitrogens with zero attached hydrogens (tertiary/aromatic N) is 2. The zero-order valence-corrected chi connectivity index (χ0v) is 18.0. The molecule has 0 bridgehead atoms. The number of phenols is 1. The van der Waals surface area contributed by atoms with E-state index in [1.165, 1.54) is 0 Å². The average molecular weight is 438 g/mol. The van der Waals surface area contributed by atoms with E-state index < -0.39 is 5.63 Å². The smallest absolute Gasteiger partial charge is 0.344 e. The fraction of sp³-hybridized carbons (Fsp3) is 0.375. The van der Waals surface area contributed by atoms with Crippen LogP contribution in [0.3, 0.4) is 0 Å². The van der Waals surface area contributed by atoms with Crippen LogP contribution < -0.4 is 15.1 Å². The van der Waals surface area contributed by atoms with E-state index >= 15 is 0 Å². The quantitative estimate of drug-likeness (QED) is 0.586. The Balaban J connectivity index is 1.51. The fourth-order valence-electron chi connectivity index (χ4n) is 4.54. The summed E-state index contributed by atoms with van der Waals surface area (Å²) >= 11 is 0. The summed E-state index contributed by atoms with van der Waals surface area (Å²) in [6.07, 6.45) is 0. The third-order valence-electron chi connectivity index (χ3n) is 6.34. The lowest BCUT2D eigenvalue weighted by molar-refractivity contribution is 0.108. The Morgan fingerprint density at radius 1 is 1.00 bits per heavy atom. The molecule has 8 nitrogen and oxygen atoms in total. The molecule has 3 aromatic rings. The molecule has 0 spiro atoms. The van der Waals surface area contributed by atoms with Gasteiger partial charge in [0.2, 0.25) is 6.79 Å². The number of ether oxygens (including phenoxy) is 2. The number of fused-ring (bicyclic) bond motifs is 2. The molecular formula is C24H26N2O6. The Hall–Kier alpha value is -3.07. The zero-order chi connectivity index (χ0) is 22.2. The van der Waals surface area contributed by atoms with E-state index in [4.69, 9.17) is 19.0 Å². The van der Waals surface area contributed by atoms with Gasteiger partial charge in [-0.15, -0.1) is 0 Å². The van der Waals surface area contributed by atoms with Gasteiger partial charge in [-0.05, 0) is 42.3 Å². The zero-order valence-electron chi connectivity index (χ0n) is 18.0.